The number of benzene rings is 2. The van der Waals surface area contributed by atoms with E-state index in [0.29, 0.717) is 12.2 Å². The number of ether oxygens (including phenoxy) is 1. The van der Waals surface area contributed by atoms with E-state index < -0.39 is 0 Å². The van der Waals surface area contributed by atoms with Gasteiger partial charge in [-0.2, -0.15) is 0 Å². The minimum Gasteiger partial charge on any atom is -0.462 e. The van der Waals surface area contributed by atoms with Crippen molar-refractivity contribution in [1.29, 1.82) is 0 Å². The highest BCUT2D eigenvalue weighted by Crippen LogP contribution is 2.28. The molecule has 0 N–H and O–H groups in total. The third-order valence-corrected chi connectivity index (χ3v) is 4.43. The molecular weight excluding hydrogens is 298 g/mol. The molecule has 0 saturated carbocycles. The van der Waals surface area contributed by atoms with Crippen LogP contribution in [-0.2, 0) is 17.7 Å². The summed E-state index contributed by atoms with van der Waals surface area (Å²) in [6.07, 6.45) is 0.932. The summed E-state index contributed by atoms with van der Waals surface area (Å²) in [4.78, 5) is 12.4. The van der Waals surface area contributed by atoms with Crippen LogP contribution in [0.1, 0.15) is 34.1 Å². The second-order valence-electron chi connectivity index (χ2n) is 6.09. The van der Waals surface area contributed by atoms with Crippen LogP contribution in [0.5, 0.6) is 0 Å². The van der Waals surface area contributed by atoms with Gasteiger partial charge < -0.3 is 9.30 Å². The molecule has 3 heteroatoms. The molecule has 3 nitrogen and oxygen atoms in total. The van der Waals surface area contributed by atoms with Crippen LogP contribution >= 0.6 is 0 Å². The highest BCUT2D eigenvalue weighted by Gasteiger charge is 2.20. The molecular formula is C21H23NO2. The van der Waals surface area contributed by atoms with Crippen molar-refractivity contribution < 1.29 is 9.53 Å². The molecule has 0 aliphatic heterocycles. The molecule has 24 heavy (non-hydrogen) atoms. The second kappa shape index (κ2) is 6.91. The van der Waals surface area contributed by atoms with Crippen LogP contribution in [0.2, 0.25) is 0 Å². The van der Waals surface area contributed by atoms with E-state index in [4.69, 9.17) is 4.74 Å². The van der Waals surface area contributed by atoms with Crippen molar-refractivity contribution >= 4 is 16.9 Å². The van der Waals surface area contributed by atoms with Gasteiger partial charge in [-0.3, -0.25) is 0 Å². The number of esters is 1. The van der Waals surface area contributed by atoms with Gasteiger partial charge in [0, 0.05) is 23.1 Å². The van der Waals surface area contributed by atoms with Crippen molar-refractivity contribution in [2.45, 2.75) is 33.7 Å². The summed E-state index contributed by atoms with van der Waals surface area (Å²) in [5.74, 6) is -0.232. The lowest BCUT2D eigenvalue weighted by Gasteiger charge is -2.09. The molecule has 0 radical (unpaired) electrons. The number of rotatable bonds is 5. The monoisotopic (exact) mass is 321 g/mol. The van der Waals surface area contributed by atoms with Crippen molar-refractivity contribution in [2.24, 2.45) is 0 Å². The van der Waals surface area contributed by atoms with E-state index >= 15 is 0 Å². The summed E-state index contributed by atoms with van der Waals surface area (Å²) in [7, 11) is 0. The van der Waals surface area contributed by atoms with Crippen molar-refractivity contribution in [3.05, 3.63) is 70.9 Å². The Morgan fingerprint density at radius 3 is 2.54 bits per heavy atom. The third-order valence-electron chi connectivity index (χ3n) is 4.43. The maximum Gasteiger partial charge on any atom is 0.340 e. The minimum atomic E-state index is -0.232. The maximum atomic E-state index is 12.4. The molecule has 0 saturated heterocycles. The zero-order valence-electron chi connectivity index (χ0n) is 14.5. The highest BCUT2D eigenvalue weighted by atomic mass is 16.5. The SMILES string of the molecule is CCOC(=O)c1c(C)n(CCc2ccccc2)c2ccc(C)cc12. The van der Waals surface area contributed by atoms with Crippen LogP contribution < -0.4 is 0 Å². The van der Waals surface area contributed by atoms with E-state index in [1.165, 1.54) is 5.56 Å². The van der Waals surface area contributed by atoms with E-state index in [0.717, 1.165) is 35.1 Å². The summed E-state index contributed by atoms with van der Waals surface area (Å²) < 4.78 is 7.51. The Morgan fingerprint density at radius 2 is 1.83 bits per heavy atom. The van der Waals surface area contributed by atoms with Crippen LogP contribution in [0.15, 0.2) is 48.5 Å². The molecule has 0 spiro atoms. The van der Waals surface area contributed by atoms with E-state index in [1.54, 1.807) is 0 Å². The van der Waals surface area contributed by atoms with Crippen molar-refractivity contribution in [3.8, 4) is 0 Å². The predicted molar refractivity (Wildman–Crippen MR) is 97.5 cm³/mol. The normalized spacial score (nSPS) is 11.0. The molecule has 0 fully saturated rings. The zero-order valence-corrected chi connectivity index (χ0v) is 14.5. The molecule has 0 atom stereocenters. The second-order valence-corrected chi connectivity index (χ2v) is 6.09. The number of aromatic nitrogens is 1. The van der Waals surface area contributed by atoms with Gasteiger partial charge in [-0.05, 0) is 44.9 Å². The number of nitrogens with zero attached hydrogens (tertiary/aromatic N) is 1. The number of hydrogen-bond donors (Lipinski definition) is 0. The number of fused-ring (bicyclic) bond motifs is 1. The topological polar surface area (TPSA) is 31.2 Å². The number of aryl methyl sites for hydroxylation is 3. The van der Waals surface area contributed by atoms with E-state index in [1.807, 2.05) is 26.8 Å². The predicted octanol–water partition coefficient (Wildman–Crippen LogP) is 4.68. The van der Waals surface area contributed by atoms with Crippen LogP contribution in [-0.4, -0.2) is 17.1 Å². The van der Waals surface area contributed by atoms with Crippen molar-refractivity contribution in [2.75, 3.05) is 6.61 Å². The molecule has 1 heterocycles. The zero-order chi connectivity index (χ0) is 17.1. The molecule has 124 valence electrons. The number of carbonyl (C=O) groups is 1. The van der Waals surface area contributed by atoms with Crippen LogP contribution in [0, 0.1) is 13.8 Å². The van der Waals surface area contributed by atoms with Gasteiger partial charge in [-0.25, -0.2) is 4.79 Å². The summed E-state index contributed by atoms with van der Waals surface area (Å²) >= 11 is 0. The first-order valence-electron chi connectivity index (χ1n) is 8.42. The van der Waals surface area contributed by atoms with Crippen molar-refractivity contribution in [1.82, 2.24) is 4.57 Å². The fourth-order valence-corrected chi connectivity index (χ4v) is 3.23. The first kappa shape index (κ1) is 16.3. The highest BCUT2D eigenvalue weighted by molar-refractivity contribution is 6.06. The standard InChI is InChI=1S/C21H23NO2/c1-4-24-21(23)20-16(3)22(13-12-17-8-6-5-7-9-17)19-11-10-15(2)14-18(19)20/h5-11,14H,4,12-13H2,1-3H3. The Bertz CT molecular complexity index is 862. The molecule has 0 aliphatic rings. The van der Waals surface area contributed by atoms with Gasteiger partial charge >= 0.3 is 5.97 Å². The Balaban J connectivity index is 2.04. The molecule has 0 unspecified atom stereocenters. The molecule has 0 bridgehead atoms. The average Bonchev–Trinajstić information content (AvgIpc) is 2.85. The van der Waals surface area contributed by atoms with Gasteiger partial charge in [0.25, 0.3) is 0 Å². The van der Waals surface area contributed by atoms with E-state index in [9.17, 15) is 4.79 Å². The Hall–Kier alpha value is -2.55. The smallest absolute Gasteiger partial charge is 0.340 e. The fourth-order valence-electron chi connectivity index (χ4n) is 3.23. The van der Waals surface area contributed by atoms with Gasteiger partial charge in [0.15, 0.2) is 0 Å². The summed E-state index contributed by atoms with van der Waals surface area (Å²) in [6.45, 7) is 7.13. The largest absolute Gasteiger partial charge is 0.462 e. The Morgan fingerprint density at radius 1 is 1.08 bits per heavy atom. The molecule has 0 aliphatic carbocycles. The lowest BCUT2D eigenvalue weighted by molar-refractivity contribution is 0.0527. The molecule has 2 aromatic carbocycles. The van der Waals surface area contributed by atoms with E-state index in [-0.39, 0.29) is 5.97 Å². The summed E-state index contributed by atoms with van der Waals surface area (Å²) in [6, 6.07) is 16.7. The first-order valence-corrected chi connectivity index (χ1v) is 8.42. The fraction of sp³-hybridized carbons (Fsp3) is 0.286. The molecule has 3 rings (SSSR count). The first-order chi connectivity index (χ1) is 11.6. The molecule has 1 aromatic heterocycles. The lowest BCUT2D eigenvalue weighted by atomic mass is 10.1. The lowest BCUT2D eigenvalue weighted by Crippen LogP contribution is -2.08. The Labute approximate surface area is 142 Å². The van der Waals surface area contributed by atoms with Gasteiger partial charge in [-0.1, -0.05) is 42.0 Å². The Kier molecular flexibility index (Phi) is 4.70. The average molecular weight is 321 g/mol. The molecule has 0 amide bonds. The van der Waals surface area contributed by atoms with Gasteiger partial charge in [-0.15, -0.1) is 0 Å². The van der Waals surface area contributed by atoms with Crippen LogP contribution in [0.25, 0.3) is 10.9 Å². The third kappa shape index (κ3) is 3.07. The number of hydrogen-bond acceptors (Lipinski definition) is 2. The molecule has 3 aromatic rings. The van der Waals surface area contributed by atoms with Gasteiger partial charge in [0.2, 0.25) is 0 Å². The van der Waals surface area contributed by atoms with Crippen LogP contribution in [0.4, 0.5) is 0 Å². The summed E-state index contributed by atoms with van der Waals surface area (Å²) in [5.41, 5.74) is 5.21. The van der Waals surface area contributed by atoms with Crippen molar-refractivity contribution in [3.63, 3.8) is 0 Å². The minimum absolute atomic E-state index is 0.232. The quantitative estimate of drug-likeness (QED) is 0.639. The number of carbonyl (C=O) groups excluding carboxylic acids is 1. The van der Waals surface area contributed by atoms with E-state index in [2.05, 4.69) is 47.0 Å². The van der Waals surface area contributed by atoms with Gasteiger partial charge in [0.1, 0.15) is 0 Å². The van der Waals surface area contributed by atoms with Gasteiger partial charge in [0.05, 0.1) is 12.2 Å². The van der Waals surface area contributed by atoms with Crippen LogP contribution in [0.3, 0.4) is 0 Å². The summed E-state index contributed by atoms with van der Waals surface area (Å²) in [5, 5.41) is 0.985. The maximum absolute atomic E-state index is 12.4.